The van der Waals surface area contributed by atoms with Gasteiger partial charge in [-0.3, -0.25) is 4.98 Å². The summed E-state index contributed by atoms with van der Waals surface area (Å²) in [6.45, 7) is 8.17. The number of carbonyl (C=O) groups is 1. The number of piperazine rings is 1. The van der Waals surface area contributed by atoms with E-state index in [-0.39, 0.29) is 6.03 Å². The summed E-state index contributed by atoms with van der Waals surface area (Å²) in [4.78, 5) is 20.5. The molecule has 5 nitrogen and oxygen atoms in total. The zero-order valence-corrected chi connectivity index (χ0v) is 15.0. The molecule has 0 spiro atoms. The van der Waals surface area contributed by atoms with Crippen LogP contribution < -0.4 is 10.2 Å². The van der Waals surface area contributed by atoms with Gasteiger partial charge in [0.1, 0.15) is 0 Å². The van der Waals surface area contributed by atoms with Crippen LogP contribution in [0.1, 0.15) is 30.9 Å². The standard InChI is InChI=1S/C20H26N4O/c1-16(2)18-3-5-19(6-4-18)23-11-13-24(14-12-23)20(25)22-15-17-7-9-21-10-8-17/h3-10,16H,11-15H2,1-2H3,(H,22,25). The van der Waals surface area contributed by atoms with Crippen molar-refractivity contribution < 1.29 is 4.79 Å². The van der Waals surface area contributed by atoms with Crippen LogP contribution in [-0.4, -0.2) is 42.1 Å². The quantitative estimate of drug-likeness (QED) is 0.931. The zero-order chi connectivity index (χ0) is 17.6. The molecule has 1 aromatic carbocycles. The van der Waals surface area contributed by atoms with Gasteiger partial charge in [0.05, 0.1) is 0 Å². The minimum atomic E-state index is 0.00613. The molecule has 5 heteroatoms. The topological polar surface area (TPSA) is 48.5 Å². The molecule has 0 aliphatic carbocycles. The van der Waals surface area contributed by atoms with Crippen molar-refractivity contribution in [1.82, 2.24) is 15.2 Å². The van der Waals surface area contributed by atoms with E-state index >= 15 is 0 Å². The van der Waals surface area contributed by atoms with Crippen LogP contribution in [0.4, 0.5) is 10.5 Å². The van der Waals surface area contributed by atoms with Crippen molar-refractivity contribution in [3.63, 3.8) is 0 Å². The molecule has 1 fully saturated rings. The highest BCUT2D eigenvalue weighted by molar-refractivity contribution is 5.74. The van der Waals surface area contributed by atoms with Gasteiger partial charge in [0.2, 0.25) is 0 Å². The minimum absolute atomic E-state index is 0.00613. The number of aromatic nitrogens is 1. The Bertz CT molecular complexity index is 677. The first-order valence-corrected chi connectivity index (χ1v) is 8.90. The highest BCUT2D eigenvalue weighted by Crippen LogP contribution is 2.21. The second-order valence-corrected chi connectivity index (χ2v) is 6.73. The smallest absolute Gasteiger partial charge is 0.317 e. The third-order valence-corrected chi connectivity index (χ3v) is 4.68. The second-order valence-electron chi connectivity index (χ2n) is 6.73. The third-order valence-electron chi connectivity index (χ3n) is 4.68. The summed E-state index contributed by atoms with van der Waals surface area (Å²) < 4.78 is 0. The van der Waals surface area contributed by atoms with E-state index in [1.807, 2.05) is 17.0 Å². The van der Waals surface area contributed by atoms with E-state index in [9.17, 15) is 4.79 Å². The fourth-order valence-electron chi connectivity index (χ4n) is 3.03. The van der Waals surface area contributed by atoms with E-state index in [2.05, 4.69) is 53.3 Å². The number of hydrogen-bond acceptors (Lipinski definition) is 3. The molecule has 0 atom stereocenters. The van der Waals surface area contributed by atoms with Gasteiger partial charge in [-0.05, 0) is 41.3 Å². The molecule has 25 heavy (non-hydrogen) atoms. The predicted molar refractivity (Wildman–Crippen MR) is 101 cm³/mol. The normalized spacial score (nSPS) is 14.7. The first kappa shape index (κ1) is 17.3. The number of hydrogen-bond donors (Lipinski definition) is 1. The van der Waals surface area contributed by atoms with E-state index in [4.69, 9.17) is 0 Å². The van der Waals surface area contributed by atoms with Crippen molar-refractivity contribution >= 4 is 11.7 Å². The Kier molecular flexibility index (Phi) is 5.53. The lowest BCUT2D eigenvalue weighted by Crippen LogP contribution is -2.51. The highest BCUT2D eigenvalue weighted by atomic mass is 16.2. The van der Waals surface area contributed by atoms with Crippen LogP contribution in [0.15, 0.2) is 48.8 Å². The van der Waals surface area contributed by atoms with Gasteiger partial charge >= 0.3 is 6.03 Å². The lowest BCUT2D eigenvalue weighted by molar-refractivity contribution is 0.194. The number of nitrogens with zero attached hydrogens (tertiary/aromatic N) is 3. The van der Waals surface area contributed by atoms with Gasteiger partial charge in [0.15, 0.2) is 0 Å². The van der Waals surface area contributed by atoms with E-state index in [1.54, 1.807) is 12.4 Å². The summed E-state index contributed by atoms with van der Waals surface area (Å²) in [5.41, 5.74) is 3.66. The van der Waals surface area contributed by atoms with Crippen molar-refractivity contribution in [2.45, 2.75) is 26.3 Å². The predicted octanol–water partition coefficient (Wildman–Crippen LogP) is 3.24. The van der Waals surface area contributed by atoms with Gasteiger partial charge in [0.25, 0.3) is 0 Å². The van der Waals surface area contributed by atoms with Crippen molar-refractivity contribution in [2.24, 2.45) is 0 Å². The Morgan fingerprint density at radius 2 is 1.68 bits per heavy atom. The average molecular weight is 338 g/mol. The molecule has 2 aromatic rings. The van der Waals surface area contributed by atoms with Crippen LogP contribution >= 0.6 is 0 Å². The number of pyridine rings is 1. The Morgan fingerprint density at radius 3 is 2.28 bits per heavy atom. The fourth-order valence-corrected chi connectivity index (χ4v) is 3.03. The summed E-state index contributed by atoms with van der Waals surface area (Å²) in [5.74, 6) is 0.551. The molecule has 2 heterocycles. The third kappa shape index (κ3) is 4.50. The summed E-state index contributed by atoms with van der Waals surface area (Å²) in [5, 5.41) is 2.98. The van der Waals surface area contributed by atoms with Gasteiger partial charge in [-0.1, -0.05) is 26.0 Å². The van der Waals surface area contributed by atoms with Gasteiger partial charge in [-0.15, -0.1) is 0 Å². The van der Waals surface area contributed by atoms with Crippen molar-refractivity contribution in [3.8, 4) is 0 Å². The maximum Gasteiger partial charge on any atom is 0.317 e. The molecular formula is C20H26N4O. The lowest BCUT2D eigenvalue weighted by atomic mass is 10.0. The lowest BCUT2D eigenvalue weighted by Gasteiger charge is -2.36. The molecule has 132 valence electrons. The Labute approximate surface area is 149 Å². The molecule has 0 bridgehead atoms. The van der Waals surface area contributed by atoms with E-state index < -0.39 is 0 Å². The Morgan fingerprint density at radius 1 is 1.04 bits per heavy atom. The van der Waals surface area contributed by atoms with Crippen molar-refractivity contribution in [1.29, 1.82) is 0 Å². The monoisotopic (exact) mass is 338 g/mol. The number of rotatable bonds is 4. The molecule has 0 unspecified atom stereocenters. The van der Waals surface area contributed by atoms with Gasteiger partial charge in [0, 0.05) is 50.8 Å². The first-order chi connectivity index (χ1) is 12.1. The van der Waals surface area contributed by atoms with Gasteiger partial charge in [-0.25, -0.2) is 4.79 Å². The summed E-state index contributed by atoms with van der Waals surface area (Å²) in [7, 11) is 0. The Hall–Kier alpha value is -2.56. The Balaban J connectivity index is 1.48. The van der Waals surface area contributed by atoms with Crippen LogP contribution in [0.25, 0.3) is 0 Å². The molecule has 1 aliphatic heterocycles. The van der Waals surface area contributed by atoms with Crippen LogP contribution in [0, 0.1) is 0 Å². The fraction of sp³-hybridized carbons (Fsp3) is 0.400. The second kappa shape index (κ2) is 8.01. The number of anilines is 1. The molecule has 0 saturated carbocycles. The van der Waals surface area contributed by atoms with Crippen LogP contribution in [0.3, 0.4) is 0 Å². The largest absolute Gasteiger partial charge is 0.368 e. The molecule has 0 radical (unpaired) electrons. The number of amides is 2. The van der Waals surface area contributed by atoms with E-state index in [0.717, 1.165) is 31.7 Å². The van der Waals surface area contributed by atoms with Crippen molar-refractivity contribution in [3.05, 3.63) is 59.9 Å². The van der Waals surface area contributed by atoms with Crippen LogP contribution in [-0.2, 0) is 6.54 Å². The molecule has 2 amide bonds. The zero-order valence-electron chi connectivity index (χ0n) is 15.0. The van der Waals surface area contributed by atoms with Crippen LogP contribution in [0.2, 0.25) is 0 Å². The molecular weight excluding hydrogens is 312 g/mol. The maximum atomic E-state index is 12.3. The molecule has 1 aliphatic rings. The van der Waals surface area contributed by atoms with E-state index in [0.29, 0.717) is 12.5 Å². The highest BCUT2D eigenvalue weighted by Gasteiger charge is 2.21. The summed E-state index contributed by atoms with van der Waals surface area (Å²) in [6, 6.07) is 12.6. The number of nitrogens with one attached hydrogen (secondary N) is 1. The molecule has 1 N–H and O–H groups in total. The molecule has 1 saturated heterocycles. The molecule has 1 aromatic heterocycles. The average Bonchev–Trinajstić information content (AvgIpc) is 2.67. The summed E-state index contributed by atoms with van der Waals surface area (Å²) in [6.07, 6.45) is 3.48. The number of carbonyl (C=O) groups excluding carboxylic acids is 1. The first-order valence-electron chi connectivity index (χ1n) is 8.90. The number of urea groups is 1. The number of benzene rings is 1. The SMILES string of the molecule is CC(C)c1ccc(N2CCN(C(=O)NCc3ccncc3)CC2)cc1. The van der Waals surface area contributed by atoms with Gasteiger partial charge < -0.3 is 15.1 Å². The molecule has 3 rings (SSSR count). The minimum Gasteiger partial charge on any atom is -0.368 e. The van der Waals surface area contributed by atoms with Crippen molar-refractivity contribution in [2.75, 3.05) is 31.1 Å². The maximum absolute atomic E-state index is 12.3. The van der Waals surface area contributed by atoms with Gasteiger partial charge in [-0.2, -0.15) is 0 Å². The van der Waals surface area contributed by atoms with Crippen LogP contribution in [0.5, 0.6) is 0 Å². The van der Waals surface area contributed by atoms with E-state index in [1.165, 1.54) is 11.3 Å². The summed E-state index contributed by atoms with van der Waals surface area (Å²) >= 11 is 0.